The molecule has 8 nitrogen and oxygen atoms in total. The fourth-order valence-corrected chi connectivity index (χ4v) is 2.36. The lowest BCUT2D eigenvalue weighted by Crippen LogP contribution is -2.23. The monoisotopic (exact) mass is 376 g/mol. The van der Waals surface area contributed by atoms with Crippen molar-refractivity contribution < 1.29 is 31.1 Å². The van der Waals surface area contributed by atoms with E-state index in [4.69, 9.17) is 4.74 Å². The van der Waals surface area contributed by atoms with E-state index in [2.05, 4.69) is 15.0 Å². The molecule has 2 aromatic rings. The van der Waals surface area contributed by atoms with Crippen LogP contribution in [0, 0.1) is 12.7 Å². The van der Waals surface area contributed by atoms with Crippen LogP contribution in [0.15, 0.2) is 18.2 Å². The summed E-state index contributed by atoms with van der Waals surface area (Å²) in [6.45, 7) is 1.44. The van der Waals surface area contributed by atoms with Crippen molar-refractivity contribution in [2.75, 3.05) is 11.8 Å². The van der Waals surface area contributed by atoms with Gasteiger partial charge in [0.15, 0.2) is 0 Å². The van der Waals surface area contributed by atoms with Gasteiger partial charge in [-0.2, -0.15) is 18.7 Å². The molecule has 0 saturated carbocycles. The lowest BCUT2D eigenvalue weighted by atomic mass is 10.1. The Hall–Kier alpha value is -2.76. The number of carbonyl (C=O) groups is 1. The van der Waals surface area contributed by atoms with Crippen LogP contribution < -0.4 is 9.46 Å². The molecule has 0 atom stereocenters. The SMILES string of the molecule is COc1nc(C)nc(C(=O)c2cccc(F)c2NS(=O)(=O)C(F)F)n1. The van der Waals surface area contributed by atoms with Gasteiger partial charge in [0.05, 0.1) is 18.4 Å². The van der Waals surface area contributed by atoms with E-state index in [0.717, 1.165) is 18.2 Å². The Morgan fingerprint density at radius 3 is 2.52 bits per heavy atom. The largest absolute Gasteiger partial charge is 0.467 e. The fraction of sp³-hybridized carbons (Fsp3) is 0.231. The molecule has 0 spiro atoms. The minimum absolute atomic E-state index is 0.112. The van der Waals surface area contributed by atoms with E-state index in [1.54, 1.807) is 0 Å². The molecule has 1 aromatic heterocycles. The third kappa shape index (κ3) is 4.02. The van der Waals surface area contributed by atoms with E-state index >= 15 is 0 Å². The Morgan fingerprint density at radius 1 is 1.24 bits per heavy atom. The maximum Gasteiger partial charge on any atom is 0.355 e. The molecule has 0 aliphatic rings. The number of para-hydroxylation sites is 1. The first-order chi connectivity index (χ1) is 11.7. The molecule has 1 aromatic carbocycles. The molecule has 0 unspecified atom stereocenters. The van der Waals surface area contributed by atoms with E-state index in [-0.39, 0.29) is 11.8 Å². The van der Waals surface area contributed by atoms with Crippen LogP contribution in [0.3, 0.4) is 0 Å². The highest BCUT2D eigenvalue weighted by Crippen LogP contribution is 2.25. The van der Waals surface area contributed by atoms with Crippen molar-refractivity contribution in [3.8, 4) is 6.01 Å². The summed E-state index contributed by atoms with van der Waals surface area (Å²) in [4.78, 5) is 23.7. The van der Waals surface area contributed by atoms with Crippen LogP contribution in [0.25, 0.3) is 0 Å². The summed E-state index contributed by atoms with van der Waals surface area (Å²) in [5.41, 5.74) is -1.47. The number of halogens is 3. The third-order valence-corrected chi connectivity index (χ3v) is 3.81. The maximum atomic E-state index is 13.9. The van der Waals surface area contributed by atoms with Crippen molar-refractivity contribution in [2.24, 2.45) is 0 Å². The van der Waals surface area contributed by atoms with Gasteiger partial charge >= 0.3 is 11.8 Å². The highest BCUT2D eigenvalue weighted by molar-refractivity contribution is 7.93. The fourth-order valence-electron chi connectivity index (χ4n) is 1.77. The summed E-state index contributed by atoms with van der Waals surface area (Å²) in [7, 11) is -3.94. The number of alkyl halides is 2. The number of anilines is 1. The summed E-state index contributed by atoms with van der Waals surface area (Å²) in [5, 5.41) is 0. The van der Waals surface area contributed by atoms with Gasteiger partial charge in [0.1, 0.15) is 11.6 Å². The van der Waals surface area contributed by atoms with E-state index in [0.29, 0.717) is 0 Å². The number of nitrogens with one attached hydrogen (secondary N) is 1. The first kappa shape index (κ1) is 18.6. The number of ether oxygens (including phenoxy) is 1. The minimum atomic E-state index is -5.19. The van der Waals surface area contributed by atoms with Gasteiger partial charge in [-0.3, -0.25) is 9.52 Å². The van der Waals surface area contributed by atoms with Gasteiger partial charge in [-0.25, -0.2) is 17.8 Å². The Bertz CT molecular complexity index is 921. The highest BCUT2D eigenvalue weighted by atomic mass is 32.2. The second-order valence-corrected chi connectivity index (χ2v) is 6.24. The van der Waals surface area contributed by atoms with Gasteiger partial charge in [-0.1, -0.05) is 6.07 Å². The van der Waals surface area contributed by atoms with E-state index in [1.807, 2.05) is 0 Å². The van der Waals surface area contributed by atoms with E-state index in [9.17, 15) is 26.4 Å². The number of hydrogen-bond acceptors (Lipinski definition) is 7. The number of hydrogen-bond donors (Lipinski definition) is 1. The summed E-state index contributed by atoms with van der Waals surface area (Å²) in [6, 6.07) is 2.76. The van der Waals surface area contributed by atoms with Crippen molar-refractivity contribution in [2.45, 2.75) is 12.7 Å². The molecule has 1 N–H and O–H groups in total. The Kier molecular flexibility index (Phi) is 5.21. The van der Waals surface area contributed by atoms with Crippen molar-refractivity contribution in [1.82, 2.24) is 15.0 Å². The smallest absolute Gasteiger partial charge is 0.355 e. The van der Waals surface area contributed by atoms with Crippen molar-refractivity contribution >= 4 is 21.5 Å². The first-order valence-corrected chi connectivity index (χ1v) is 8.10. The van der Waals surface area contributed by atoms with Gasteiger partial charge in [-0.05, 0) is 19.1 Å². The summed E-state index contributed by atoms with van der Waals surface area (Å²) >= 11 is 0. The number of ketones is 1. The molecular weight excluding hydrogens is 365 g/mol. The number of aryl methyl sites for hydroxylation is 1. The summed E-state index contributed by atoms with van der Waals surface area (Å²) in [5.74, 6) is -6.38. The molecule has 0 radical (unpaired) electrons. The molecule has 2 rings (SSSR count). The zero-order chi connectivity index (χ0) is 18.8. The molecule has 0 fully saturated rings. The zero-order valence-electron chi connectivity index (χ0n) is 12.8. The second kappa shape index (κ2) is 7.01. The lowest BCUT2D eigenvalue weighted by Gasteiger charge is -2.12. The first-order valence-electron chi connectivity index (χ1n) is 6.55. The van der Waals surface area contributed by atoms with Gasteiger partial charge in [0.2, 0.25) is 11.6 Å². The molecule has 0 saturated heterocycles. The minimum Gasteiger partial charge on any atom is -0.467 e. The number of sulfonamides is 1. The van der Waals surface area contributed by atoms with Crippen LogP contribution in [-0.2, 0) is 10.0 Å². The third-order valence-electron chi connectivity index (χ3n) is 2.85. The number of carbonyl (C=O) groups excluding carboxylic acids is 1. The van der Waals surface area contributed by atoms with E-state index < -0.39 is 44.5 Å². The van der Waals surface area contributed by atoms with Crippen LogP contribution in [0.1, 0.15) is 22.0 Å². The maximum absolute atomic E-state index is 13.9. The second-order valence-electron chi connectivity index (χ2n) is 4.59. The number of methoxy groups -OCH3 is 1. The molecule has 1 heterocycles. The molecule has 25 heavy (non-hydrogen) atoms. The Morgan fingerprint density at radius 2 is 1.92 bits per heavy atom. The molecule has 134 valence electrons. The predicted molar refractivity (Wildman–Crippen MR) is 79.5 cm³/mol. The summed E-state index contributed by atoms with van der Waals surface area (Å²) in [6.07, 6.45) is 0. The van der Waals surface area contributed by atoms with Crippen LogP contribution in [0.5, 0.6) is 6.01 Å². The number of nitrogens with zero attached hydrogens (tertiary/aromatic N) is 3. The Labute approximate surface area is 140 Å². The topological polar surface area (TPSA) is 111 Å². The van der Waals surface area contributed by atoms with Crippen LogP contribution in [0.2, 0.25) is 0 Å². The van der Waals surface area contributed by atoms with Crippen LogP contribution in [0.4, 0.5) is 18.9 Å². The molecule has 0 bridgehead atoms. The van der Waals surface area contributed by atoms with Gasteiger partial charge in [-0.15, -0.1) is 0 Å². The quantitative estimate of drug-likeness (QED) is 0.761. The summed E-state index contributed by atoms with van der Waals surface area (Å²) < 4.78 is 67.8. The van der Waals surface area contributed by atoms with Crippen LogP contribution >= 0.6 is 0 Å². The van der Waals surface area contributed by atoms with Crippen molar-refractivity contribution in [3.63, 3.8) is 0 Å². The van der Waals surface area contributed by atoms with Crippen molar-refractivity contribution in [3.05, 3.63) is 41.2 Å². The van der Waals surface area contributed by atoms with Gasteiger partial charge < -0.3 is 4.74 Å². The molecular formula is C13H11F3N4O4S. The van der Waals surface area contributed by atoms with Gasteiger partial charge in [0.25, 0.3) is 10.0 Å². The predicted octanol–water partition coefficient (Wildman–Crippen LogP) is 1.52. The molecule has 0 aliphatic carbocycles. The average Bonchev–Trinajstić information content (AvgIpc) is 2.55. The average molecular weight is 376 g/mol. The standard InChI is InChI=1S/C13H11F3N4O4S/c1-6-17-11(19-13(18-6)24-2)10(21)7-4-3-5-8(14)9(7)20-25(22,23)12(15)16/h3-5,12,20H,1-2H3. The Balaban J connectivity index is 2.55. The zero-order valence-corrected chi connectivity index (χ0v) is 13.6. The lowest BCUT2D eigenvalue weighted by molar-refractivity contribution is 0.102. The molecule has 12 heteroatoms. The van der Waals surface area contributed by atoms with E-state index in [1.165, 1.54) is 18.8 Å². The normalized spacial score (nSPS) is 11.4. The van der Waals surface area contributed by atoms with Gasteiger partial charge in [0, 0.05) is 0 Å². The number of benzene rings is 1. The highest BCUT2D eigenvalue weighted by Gasteiger charge is 2.28. The number of rotatable bonds is 6. The molecule has 0 aliphatic heterocycles. The van der Waals surface area contributed by atoms with Crippen LogP contribution in [-0.4, -0.2) is 42.0 Å². The number of aromatic nitrogens is 3. The molecule has 0 amide bonds. The van der Waals surface area contributed by atoms with Crippen molar-refractivity contribution in [1.29, 1.82) is 0 Å².